The summed E-state index contributed by atoms with van der Waals surface area (Å²) in [4.78, 5) is 13.5. The number of rotatable bonds is 4. The van der Waals surface area contributed by atoms with E-state index in [0.29, 0.717) is 17.7 Å². The normalized spacial score (nSPS) is 10.8. The number of aryl methyl sites for hydroxylation is 1. The zero-order valence-corrected chi connectivity index (χ0v) is 15.7. The zero-order chi connectivity index (χ0) is 19.5. The molecular weight excluding hydrogens is 346 g/mol. The monoisotopic (exact) mass is 367 g/mol. The Balaban J connectivity index is 1.98. The quantitative estimate of drug-likeness (QED) is 0.545. The third-order valence-electron chi connectivity index (χ3n) is 4.94. The Hall–Kier alpha value is -3.59. The molecule has 0 radical (unpaired) electrons. The number of para-hydroxylation sites is 1. The van der Waals surface area contributed by atoms with E-state index in [-0.39, 0.29) is 11.3 Å². The van der Waals surface area contributed by atoms with Crippen LogP contribution in [0.15, 0.2) is 95.8 Å². The summed E-state index contributed by atoms with van der Waals surface area (Å²) in [6, 6.07) is 28.9. The fraction of sp³-hybridized carbons (Fsp3) is 0.0800. The van der Waals surface area contributed by atoms with Gasteiger partial charge in [0.1, 0.15) is 5.75 Å². The molecule has 4 aromatic rings. The van der Waals surface area contributed by atoms with E-state index in [0.717, 1.165) is 22.4 Å². The van der Waals surface area contributed by atoms with Gasteiger partial charge < -0.3 is 5.11 Å². The first-order chi connectivity index (χ1) is 13.6. The fourth-order valence-corrected chi connectivity index (χ4v) is 3.49. The van der Waals surface area contributed by atoms with Gasteiger partial charge in [0, 0.05) is 23.7 Å². The fourth-order valence-electron chi connectivity index (χ4n) is 3.49. The molecule has 0 saturated carbocycles. The largest absolute Gasteiger partial charge is 0.507 e. The van der Waals surface area contributed by atoms with Crippen molar-refractivity contribution in [2.75, 3.05) is 0 Å². The Kier molecular flexibility index (Phi) is 4.81. The molecule has 0 spiro atoms. The van der Waals surface area contributed by atoms with E-state index in [2.05, 4.69) is 0 Å². The molecule has 0 aliphatic heterocycles. The van der Waals surface area contributed by atoms with Crippen molar-refractivity contribution in [3.8, 4) is 22.7 Å². The van der Waals surface area contributed by atoms with Crippen molar-refractivity contribution in [2.45, 2.75) is 13.3 Å². The number of hydrogen-bond acceptors (Lipinski definition) is 2. The molecule has 0 unspecified atom stereocenters. The molecule has 3 heteroatoms. The van der Waals surface area contributed by atoms with Crippen LogP contribution in [0.25, 0.3) is 16.9 Å². The summed E-state index contributed by atoms with van der Waals surface area (Å²) in [6.45, 7) is 2.00. The lowest BCUT2D eigenvalue weighted by Gasteiger charge is -2.18. The van der Waals surface area contributed by atoms with Crippen LogP contribution in [0.3, 0.4) is 0 Å². The van der Waals surface area contributed by atoms with E-state index in [1.165, 1.54) is 0 Å². The summed E-state index contributed by atoms with van der Waals surface area (Å²) in [5.74, 6) is 0.0271. The van der Waals surface area contributed by atoms with Crippen molar-refractivity contribution in [3.63, 3.8) is 0 Å². The average molecular weight is 367 g/mol. The van der Waals surface area contributed by atoms with Gasteiger partial charge in [0.25, 0.3) is 5.56 Å². The molecule has 138 valence electrons. The van der Waals surface area contributed by atoms with Crippen LogP contribution in [0.1, 0.15) is 16.7 Å². The van der Waals surface area contributed by atoms with Crippen LogP contribution < -0.4 is 5.56 Å². The summed E-state index contributed by atoms with van der Waals surface area (Å²) in [5, 5.41) is 10.7. The molecule has 0 atom stereocenters. The van der Waals surface area contributed by atoms with Crippen LogP contribution in [-0.4, -0.2) is 9.67 Å². The minimum Gasteiger partial charge on any atom is -0.507 e. The van der Waals surface area contributed by atoms with Gasteiger partial charge in [-0.3, -0.25) is 9.36 Å². The summed E-state index contributed by atoms with van der Waals surface area (Å²) < 4.78 is 1.69. The highest BCUT2D eigenvalue weighted by molar-refractivity contribution is 5.68. The van der Waals surface area contributed by atoms with Crippen LogP contribution in [0, 0.1) is 6.92 Å². The minimum absolute atomic E-state index is 0.0271. The van der Waals surface area contributed by atoms with E-state index in [4.69, 9.17) is 0 Å². The van der Waals surface area contributed by atoms with Crippen LogP contribution in [0.4, 0.5) is 0 Å². The molecule has 1 heterocycles. The Labute approximate surface area is 164 Å². The molecule has 28 heavy (non-hydrogen) atoms. The first-order valence-corrected chi connectivity index (χ1v) is 9.28. The standard InChI is InChI=1S/C25H21NO2/c1-18-10-8-9-15-21(18)23-17-24(27)22(16-19-11-4-2-5-12-19)25(28)26(23)20-13-6-3-7-14-20/h2-15,17,27H,16H2,1H3. The number of benzene rings is 3. The Morgan fingerprint density at radius 3 is 2.11 bits per heavy atom. The second-order valence-electron chi connectivity index (χ2n) is 6.85. The van der Waals surface area contributed by atoms with Crippen molar-refractivity contribution in [1.82, 2.24) is 4.57 Å². The maximum atomic E-state index is 13.5. The van der Waals surface area contributed by atoms with Gasteiger partial charge in [-0.05, 0) is 30.2 Å². The first kappa shape index (κ1) is 17.8. The topological polar surface area (TPSA) is 42.2 Å². The summed E-state index contributed by atoms with van der Waals surface area (Å²) in [5.41, 5.74) is 4.61. The van der Waals surface area contributed by atoms with Crippen LogP contribution in [0.2, 0.25) is 0 Å². The summed E-state index contributed by atoms with van der Waals surface area (Å²) in [7, 11) is 0. The van der Waals surface area contributed by atoms with Crippen molar-refractivity contribution in [3.05, 3.63) is 118 Å². The molecule has 0 aliphatic rings. The third-order valence-corrected chi connectivity index (χ3v) is 4.94. The van der Waals surface area contributed by atoms with Crippen molar-refractivity contribution >= 4 is 0 Å². The van der Waals surface area contributed by atoms with E-state index < -0.39 is 0 Å². The molecule has 4 rings (SSSR count). The number of nitrogens with zero attached hydrogens (tertiary/aromatic N) is 1. The summed E-state index contributed by atoms with van der Waals surface area (Å²) in [6.07, 6.45) is 0.381. The Morgan fingerprint density at radius 2 is 1.43 bits per heavy atom. The number of aromatic hydroxyl groups is 1. The molecule has 1 N–H and O–H groups in total. The van der Waals surface area contributed by atoms with Gasteiger partial charge in [-0.2, -0.15) is 0 Å². The predicted molar refractivity (Wildman–Crippen MR) is 113 cm³/mol. The number of hydrogen-bond donors (Lipinski definition) is 1. The van der Waals surface area contributed by atoms with E-state index in [1.807, 2.05) is 91.9 Å². The van der Waals surface area contributed by atoms with Crippen molar-refractivity contribution in [1.29, 1.82) is 0 Å². The maximum Gasteiger partial charge on any atom is 0.262 e. The smallest absolute Gasteiger partial charge is 0.262 e. The highest BCUT2D eigenvalue weighted by Crippen LogP contribution is 2.29. The highest BCUT2D eigenvalue weighted by Gasteiger charge is 2.18. The lowest BCUT2D eigenvalue weighted by atomic mass is 10.0. The lowest BCUT2D eigenvalue weighted by Crippen LogP contribution is -2.24. The second kappa shape index (κ2) is 7.57. The summed E-state index contributed by atoms with van der Waals surface area (Å²) >= 11 is 0. The molecule has 3 nitrogen and oxygen atoms in total. The maximum absolute atomic E-state index is 13.5. The van der Waals surface area contributed by atoms with Gasteiger partial charge in [-0.25, -0.2) is 0 Å². The minimum atomic E-state index is -0.201. The average Bonchev–Trinajstić information content (AvgIpc) is 2.72. The van der Waals surface area contributed by atoms with E-state index >= 15 is 0 Å². The van der Waals surface area contributed by atoms with Crippen LogP contribution in [0.5, 0.6) is 5.75 Å². The van der Waals surface area contributed by atoms with Gasteiger partial charge in [-0.1, -0.05) is 72.8 Å². The third kappa shape index (κ3) is 3.35. The second-order valence-corrected chi connectivity index (χ2v) is 6.85. The number of pyridine rings is 1. The van der Waals surface area contributed by atoms with Crippen LogP contribution in [-0.2, 0) is 6.42 Å². The Bertz CT molecular complexity index is 1160. The molecule has 0 bridgehead atoms. The van der Waals surface area contributed by atoms with E-state index in [9.17, 15) is 9.90 Å². The van der Waals surface area contributed by atoms with E-state index in [1.54, 1.807) is 10.6 Å². The van der Waals surface area contributed by atoms with Gasteiger partial charge in [0.05, 0.1) is 11.3 Å². The molecule has 0 aliphatic carbocycles. The highest BCUT2D eigenvalue weighted by atomic mass is 16.3. The van der Waals surface area contributed by atoms with Crippen LogP contribution >= 0.6 is 0 Å². The van der Waals surface area contributed by atoms with Gasteiger partial charge in [-0.15, -0.1) is 0 Å². The lowest BCUT2D eigenvalue weighted by molar-refractivity contribution is 0.466. The Morgan fingerprint density at radius 1 is 0.821 bits per heavy atom. The number of aromatic nitrogens is 1. The molecule has 1 aromatic heterocycles. The molecule has 3 aromatic carbocycles. The molecule has 0 amide bonds. The molecule has 0 fully saturated rings. The van der Waals surface area contributed by atoms with Gasteiger partial charge in [0.2, 0.25) is 0 Å². The van der Waals surface area contributed by atoms with Crippen molar-refractivity contribution < 1.29 is 5.11 Å². The first-order valence-electron chi connectivity index (χ1n) is 9.28. The predicted octanol–water partition coefficient (Wildman–Crippen LogP) is 5.11. The molecule has 0 saturated heterocycles. The molecular formula is C25H21NO2. The van der Waals surface area contributed by atoms with Gasteiger partial charge in [0.15, 0.2) is 0 Å². The zero-order valence-electron chi connectivity index (χ0n) is 15.7. The van der Waals surface area contributed by atoms with Gasteiger partial charge >= 0.3 is 0 Å². The SMILES string of the molecule is Cc1ccccc1-c1cc(O)c(Cc2ccccc2)c(=O)n1-c1ccccc1. The van der Waals surface area contributed by atoms with Crippen molar-refractivity contribution in [2.24, 2.45) is 0 Å².